The summed E-state index contributed by atoms with van der Waals surface area (Å²) in [7, 11) is 0. The molecule has 2 rings (SSSR count). The summed E-state index contributed by atoms with van der Waals surface area (Å²) in [6.45, 7) is 0. The van der Waals surface area contributed by atoms with Crippen molar-refractivity contribution in [3.8, 4) is 0 Å². The molecule has 21 heavy (non-hydrogen) atoms. The molecule has 0 bridgehead atoms. The van der Waals surface area contributed by atoms with Crippen LogP contribution in [0.15, 0.2) is 42.5 Å². The van der Waals surface area contributed by atoms with Gasteiger partial charge in [0.1, 0.15) is 5.69 Å². The number of hydrogen-bond donors (Lipinski definition) is 2. The first-order chi connectivity index (χ1) is 9.97. The number of nitro benzene ring substituents is 1. The van der Waals surface area contributed by atoms with E-state index in [9.17, 15) is 10.1 Å². The summed E-state index contributed by atoms with van der Waals surface area (Å²) in [6.07, 6.45) is 0. The van der Waals surface area contributed by atoms with Gasteiger partial charge in [-0.05, 0) is 36.5 Å². The molecule has 0 amide bonds. The van der Waals surface area contributed by atoms with E-state index >= 15 is 0 Å². The van der Waals surface area contributed by atoms with Crippen LogP contribution < -0.4 is 10.6 Å². The topological polar surface area (TPSA) is 67.2 Å². The molecule has 0 aliphatic carbocycles. The third-order valence-electron chi connectivity index (χ3n) is 2.53. The van der Waals surface area contributed by atoms with Gasteiger partial charge in [-0.25, -0.2) is 0 Å². The summed E-state index contributed by atoms with van der Waals surface area (Å²) in [5.41, 5.74) is 0.872. The maximum Gasteiger partial charge on any atom is 0.292 e. The van der Waals surface area contributed by atoms with E-state index in [0.29, 0.717) is 21.4 Å². The van der Waals surface area contributed by atoms with Crippen molar-refractivity contribution in [2.24, 2.45) is 0 Å². The molecule has 2 N–H and O–H groups in total. The number of nitro groups is 1. The number of hydrogen-bond acceptors (Lipinski definition) is 3. The first-order valence-corrected chi connectivity index (χ1v) is 6.90. The minimum atomic E-state index is -0.482. The van der Waals surface area contributed by atoms with Crippen LogP contribution in [0.5, 0.6) is 0 Å². The van der Waals surface area contributed by atoms with Gasteiger partial charge in [0.25, 0.3) is 5.69 Å². The molecule has 0 aromatic heterocycles. The van der Waals surface area contributed by atoms with Crippen LogP contribution in [0.4, 0.5) is 17.1 Å². The van der Waals surface area contributed by atoms with Gasteiger partial charge < -0.3 is 10.6 Å². The molecule has 0 fully saturated rings. The molecule has 5 nitrogen and oxygen atoms in total. The number of thiocarbonyl (C=S) groups is 1. The molecule has 0 spiro atoms. The van der Waals surface area contributed by atoms with Crippen molar-refractivity contribution in [1.29, 1.82) is 0 Å². The zero-order valence-corrected chi connectivity index (χ0v) is 12.8. The molecule has 0 heterocycles. The Hall–Kier alpha value is -1.89. The zero-order chi connectivity index (χ0) is 15.4. The molecular weight excluding hydrogens is 333 g/mol. The fourth-order valence-electron chi connectivity index (χ4n) is 1.60. The second kappa shape index (κ2) is 6.71. The average molecular weight is 342 g/mol. The summed E-state index contributed by atoms with van der Waals surface area (Å²) < 4.78 is 0. The Morgan fingerprint density at radius 3 is 2.48 bits per heavy atom. The molecule has 0 saturated carbocycles. The van der Waals surface area contributed by atoms with Crippen LogP contribution in [-0.4, -0.2) is 10.0 Å². The van der Waals surface area contributed by atoms with Crippen LogP contribution in [0, 0.1) is 10.1 Å². The molecule has 0 aliphatic heterocycles. The van der Waals surface area contributed by atoms with Gasteiger partial charge in [-0.15, -0.1) is 0 Å². The second-order valence-electron chi connectivity index (χ2n) is 3.98. The Balaban J connectivity index is 2.12. The number of halogens is 2. The Morgan fingerprint density at radius 2 is 1.81 bits per heavy atom. The Labute approximate surface area is 136 Å². The first kappa shape index (κ1) is 15.5. The van der Waals surface area contributed by atoms with Crippen LogP contribution in [0.3, 0.4) is 0 Å². The molecule has 0 radical (unpaired) electrons. The quantitative estimate of drug-likeness (QED) is 0.480. The molecule has 2 aromatic carbocycles. The first-order valence-electron chi connectivity index (χ1n) is 5.74. The summed E-state index contributed by atoms with van der Waals surface area (Å²) in [5, 5.41) is 17.6. The van der Waals surface area contributed by atoms with E-state index in [1.807, 2.05) is 0 Å². The summed E-state index contributed by atoms with van der Waals surface area (Å²) in [6, 6.07) is 11.2. The standard InChI is InChI=1S/C13H9Cl2N3O2S/c14-9-6-5-8(7-10(9)15)16-13(21)17-11-3-1-2-4-12(11)18(19)20/h1-7H,(H2,16,17,21). The number of nitrogens with one attached hydrogen (secondary N) is 2. The molecule has 0 atom stereocenters. The highest BCUT2D eigenvalue weighted by Gasteiger charge is 2.13. The van der Waals surface area contributed by atoms with Gasteiger partial charge in [0.2, 0.25) is 0 Å². The Bertz CT molecular complexity index is 710. The predicted octanol–water partition coefficient (Wildman–Crippen LogP) is 4.71. The lowest BCUT2D eigenvalue weighted by molar-refractivity contribution is -0.383. The van der Waals surface area contributed by atoms with Crippen LogP contribution in [0.2, 0.25) is 10.0 Å². The third-order valence-corrected chi connectivity index (χ3v) is 3.47. The largest absolute Gasteiger partial charge is 0.332 e. The lowest BCUT2D eigenvalue weighted by Gasteiger charge is -2.11. The minimum Gasteiger partial charge on any atom is -0.332 e. The lowest BCUT2D eigenvalue weighted by Crippen LogP contribution is -2.19. The van der Waals surface area contributed by atoms with Gasteiger partial charge in [0, 0.05) is 11.8 Å². The third kappa shape index (κ3) is 4.04. The fraction of sp³-hybridized carbons (Fsp3) is 0. The van der Waals surface area contributed by atoms with E-state index < -0.39 is 4.92 Å². The van der Waals surface area contributed by atoms with Crippen LogP contribution in [0.25, 0.3) is 0 Å². The number of benzene rings is 2. The van der Waals surface area contributed by atoms with Gasteiger partial charge in [0.15, 0.2) is 5.11 Å². The predicted molar refractivity (Wildman–Crippen MR) is 89.4 cm³/mol. The van der Waals surface area contributed by atoms with Crippen molar-refractivity contribution in [3.63, 3.8) is 0 Å². The monoisotopic (exact) mass is 341 g/mol. The number of nitrogens with zero attached hydrogens (tertiary/aromatic N) is 1. The summed E-state index contributed by atoms with van der Waals surface area (Å²) >= 11 is 16.8. The van der Waals surface area contributed by atoms with E-state index in [4.69, 9.17) is 35.4 Å². The maximum absolute atomic E-state index is 10.9. The second-order valence-corrected chi connectivity index (χ2v) is 5.20. The number of anilines is 2. The van der Waals surface area contributed by atoms with E-state index in [1.54, 1.807) is 36.4 Å². The Morgan fingerprint density at radius 1 is 1.10 bits per heavy atom. The highest BCUT2D eigenvalue weighted by atomic mass is 35.5. The van der Waals surface area contributed by atoms with Crippen molar-refractivity contribution < 1.29 is 4.92 Å². The SMILES string of the molecule is O=[N+]([O-])c1ccccc1NC(=S)Nc1ccc(Cl)c(Cl)c1. The van der Waals surface area contributed by atoms with E-state index in [-0.39, 0.29) is 10.8 Å². The maximum atomic E-state index is 10.9. The smallest absolute Gasteiger partial charge is 0.292 e. The van der Waals surface area contributed by atoms with Gasteiger partial charge in [0.05, 0.1) is 15.0 Å². The van der Waals surface area contributed by atoms with Crippen LogP contribution >= 0.6 is 35.4 Å². The lowest BCUT2D eigenvalue weighted by atomic mass is 10.3. The van der Waals surface area contributed by atoms with Gasteiger partial charge >= 0.3 is 0 Å². The molecule has 2 aromatic rings. The van der Waals surface area contributed by atoms with E-state index in [0.717, 1.165) is 0 Å². The van der Waals surface area contributed by atoms with Crippen molar-refractivity contribution in [2.45, 2.75) is 0 Å². The van der Waals surface area contributed by atoms with E-state index in [1.165, 1.54) is 6.07 Å². The van der Waals surface area contributed by atoms with E-state index in [2.05, 4.69) is 10.6 Å². The number of para-hydroxylation sites is 2. The van der Waals surface area contributed by atoms with Crippen molar-refractivity contribution in [3.05, 3.63) is 62.6 Å². The molecule has 108 valence electrons. The zero-order valence-electron chi connectivity index (χ0n) is 10.5. The number of rotatable bonds is 3. The fourth-order valence-corrected chi connectivity index (χ4v) is 2.12. The molecule has 0 aliphatic rings. The van der Waals surface area contributed by atoms with Crippen molar-refractivity contribution >= 4 is 57.6 Å². The molecule has 8 heteroatoms. The highest BCUT2D eigenvalue weighted by Crippen LogP contribution is 2.26. The van der Waals surface area contributed by atoms with Crippen LogP contribution in [0.1, 0.15) is 0 Å². The van der Waals surface area contributed by atoms with Crippen molar-refractivity contribution in [2.75, 3.05) is 10.6 Å². The van der Waals surface area contributed by atoms with Crippen molar-refractivity contribution in [1.82, 2.24) is 0 Å². The highest BCUT2D eigenvalue weighted by molar-refractivity contribution is 7.80. The summed E-state index contributed by atoms with van der Waals surface area (Å²) in [5.74, 6) is 0. The van der Waals surface area contributed by atoms with Gasteiger partial charge in [-0.3, -0.25) is 10.1 Å². The average Bonchev–Trinajstić information content (AvgIpc) is 2.43. The normalized spacial score (nSPS) is 10.0. The molecule has 0 saturated heterocycles. The minimum absolute atomic E-state index is 0.0595. The van der Waals surface area contributed by atoms with Gasteiger partial charge in [-0.1, -0.05) is 35.3 Å². The summed E-state index contributed by atoms with van der Waals surface area (Å²) in [4.78, 5) is 10.4. The van der Waals surface area contributed by atoms with Gasteiger partial charge in [-0.2, -0.15) is 0 Å². The van der Waals surface area contributed by atoms with Crippen LogP contribution in [-0.2, 0) is 0 Å². The molecular formula is C13H9Cl2N3O2S. The molecule has 0 unspecified atom stereocenters. The Kier molecular flexibility index (Phi) is 4.95.